The Labute approximate surface area is 153 Å². The summed E-state index contributed by atoms with van der Waals surface area (Å²) in [7, 11) is 0. The number of nitrogens with zero attached hydrogens (tertiary/aromatic N) is 3. The van der Waals surface area contributed by atoms with Crippen LogP contribution >= 0.6 is 0 Å². The molecule has 10 heteroatoms. The zero-order valence-corrected chi connectivity index (χ0v) is 14.3. The zero-order chi connectivity index (χ0) is 19.0. The molecular weight excluding hydrogens is 359 g/mol. The van der Waals surface area contributed by atoms with Crippen LogP contribution in [0.3, 0.4) is 0 Å². The monoisotopic (exact) mass is 377 g/mol. The van der Waals surface area contributed by atoms with Gasteiger partial charge in [-0.2, -0.15) is 18.3 Å². The van der Waals surface area contributed by atoms with Gasteiger partial charge in [0.15, 0.2) is 5.65 Å². The third-order valence-electron chi connectivity index (χ3n) is 4.86. The van der Waals surface area contributed by atoms with Crippen LogP contribution in [0.15, 0.2) is 23.9 Å². The standard InChI is InChI=1S/C17H18F3N7/c18-17(19,20)12-3-4-13(27-8-5-10(24-21)6-9-27)23-15(12)14-11-2-1-7-22-16(11)26-25-14/h1-2,7,10,13,23-24H,5-6,8-9,21H2,(H,22,25,26). The molecule has 1 atom stereocenters. The van der Waals surface area contributed by atoms with E-state index in [4.69, 9.17) is 5.84 Å². The van der Waals surface area contributed by atoms with Gasteiger partial charge in [0.2, 0.25) is 0 Å². The molecule has 7 nitrogen and oxygen atoms in total. The Morgan fingerprint density at radius 1 is 1.30 bits per heavy atom. The summed E-state index contributed by atoms with van der Waals surface area (Å²) < 4.78 is 40.7. The largest absolute Gasteiger partial charge is 0.426 e. The highest BCUT2D eigenvalue weighted by atomic mass is 19.4. The van der Waals surface area contributed by atoms with Gasteiger partial charge in [0.25, 0.3) is 0 Å². The molecule has 0 saturated carbocycles. The van der Waals surface area contributed by atoms with Crippen molar-refractivity contribution in [1.82, 2.24) is 30.8 Å². The Bertz CT molecular complexity index is 929. The molecule has 0 aromatic carbocycles. The number of hydrogen-bond donors (Lipinski definition) is 4. The van der Waals surface area contributed by atoms with Crippen LogP contribution in [-0.2, 0) is 0 Å². The van der Waals surface area contributed by atoms with Crippen molar-refractivity contribution in [3.63, 3.8) is 0 Å². The Kier molecular flexibility index (Phi) is 4.51. The summed E-state index contributed by atoms with van der Waals surface area (Å²) in [5, 5.41) is 10.2. The van der Waals surface area contributed by atoms with Crippen molar-refractivity contribution < 1.29 is 13.2 Å². The minimum absolute atomic E-state index is 0.0965. The normalized spacial score (nSPS) is 21.9. The van der Waals surface area contributed by atoms with E-state index in [9.17, 15) is 13.2 Å². The number of allylic oxidation sites excluding steroid dienone is 1. The van der Waals surface area contributed by atoms with E-state index < -0.39 is 17.9 Å². The van der Waals surface area contributed by atoms with Crippen LogP contribution in [0.25, 0.3) is 16.7 Å². The van der Waals surface area contributed by atoms with E-state index in [1.54, 1.807) is 18.3 Å². The molecule has 2 aliphatic heterocycles. The molecule has 27 heavy (non-hydrogen) atoms. The molecule has 0 aliphatic carbocycles. The number of aromatic nitrogens is 3. The average molecular weight is 377 g/mol. The molecule has 0 spiro atoms. The minimum atomic E-state index is -4.57. The summed E-state index contributed by atoms with van der Waals surface area (Å²) in [6, 6.07) is 3.55. The van der Waals surface area contributed by atoms with Gasteiger partial charge in [-0.3, -0.25) is 21.3 Å². The highest BCUT2D eigenvalue weighted by Crippen LogP contribution is 2.34. The van der Waals surface area contributed by atoms with E-state index in [1.165, 1.54) is 0 Å². The number of aromatic amines is 1. The van der Waals surface area contributed by atoms with E-state index in [0.29, 0.717) is 24.1 Å². The summed E-state index contributed by atoms with van der Waals surface area (Å²) >= 11 is 0. The van der Waals surface area contributed by atoms with Gasteiger partial charge < -0.3 is 5.32 Å². The first kappa shape index (κ1) is 17.8. The molecule has 2 aromatic heterocycles. The van der Waals surface area contributed by atoms with Crippen LogP contribution in [0.1, 0.15) is 18.5 Å². The van der Waals surface area contributed by atoms with Gasteiger partial charge in [0.1, 0.15) is 11.7 Å². The lowest BCUT2D eigenvalue weighted by atomic mass is 10.0. The molecule has 0 amide bonds. The van der Waals surface area contributed by atoms with Crippen molar-refractivity contribution in [3.05, 3.63) is 29.6 Å². The number of alkyl halides is 3. The molecule has 2 aromatic rings. The van der Waals surface area contributed by atoms with Crippen molar-refractivity contribution in [2.45, 2.75) is 31.2 Å². The fourth-order valence-electron chi connectivity index (χ4n) is 3.41. The molecule has 0 radical (unpaired) electrons. The maximum absolute atomic E-state index is 13.6. The zero-order valence-electron chi connectivity index (χ0n) is 14.3. The van der Waals surface area contributed by atoms with Crippen LogP contribution in [-0.4, -0.2) is 51.6 Å². The number of halogens is 3. The molecule has 2 aliphatic rings. The van der Waals surface area contributed by atoms with E-state index in [-0.39, 0.29) is 17.4 Å². The minimum Gasteiger partial charge on any atom is -0.357 e. The lowest BCUT2D eigenvalue weighted by Gasteiger charge is -2.37. The second-order valence-electron chi connectivity index (χ2n) is 6.51. The van der Waals surface area contributed by atoms with Crippen LogP contribution < -0.4 is 16.6 Å². The Morgan fingerprint density at radius 3 is 2.78 bits per heavy atom. The average Bonchev–Trinajstić information content (AvgIpc) is 3.11. The van der Waals surface area contributed by atoms with Gasteiger partial charge in [-0.05, 0) is 25.0 Å². The number of pyridine rings is 1. The van der Waals surface area contributed by atoms with Crippen LogP contribution in [0, 0.1) is 11.8 Å². The van der Waals surface area contributed by atoms with Crippen molar-refractivity contribution in [1.29, 1.82) is 0 Å². The van der Waals surface area contributed by atoms with Crippen LogP contribution in [0.4, 0.5) is 13.2 Å². The van der Waals surface area contributed by atoms with E-state index >= 15 is 0 Å². The number of H-pyrrole nitrogens is 1. The quantitative estimate of drug-likeness (QED) is 0.364. The number of likely N-dealkylation sites (tertiary alicyclic amines) is 1. The van der Waals surface area contributed by atoms with E-state index in [0.717, 1.165) is 12.8 Å². The smallest absolute Gasteiger partial charge is 0.357 e. The highest BCUT2D eigenvalue weighted by molar-refractivity contribution is 5.90. The number of rotatable bonds is 3. The molecule has 1 fully saturated rings. The maximum atomic E-state index is 13.6. The second-order valence-corrected chi connectivity index (χ2v) is 6.51. The molecule has 0 bridgehead atoms. The first-order valence-corrected chi connectivity index (χ1v) is 8.56. The lowest BCUT2D eigenvalue weighted by Crippen LogP contribution is -2.52. The van der Waals surface area contributed by atoms with Gasteiger partial charge in [-0.15, -0.1) is 0 Å². The van der Waals surface area contributed by atoms with E-state index in [1.807, 2.05) is 4.90 Å². The Morgan fingerprint density at radius 2 is 2.07 bits per heavy atom. The van der Waals surface area contributed by atoms with Crippen LogP contribution in [0.5, 0.6) is 0 Å². The molecule has 1 unspecified atom stereocenters. The summed E-state index contributed by atoms with van der Waals surface area (Å²) in [4.78, 5) is 6.09. The van der Waals surface area contributed by atoms with Crippen molar-refractivity contribution in [2.24, 2.45) is 5.84 Å². The predicted octanol–water partition coefficient (Wildman–Crippen LogP) is 1.09. The second kappa shape index (κ2) is 6.84. The lowest BCUT2D eigenvalue weighted by molar-refractivity contribution is -0.0871. The Balaban J connectivity index is 1.69. The molecule has 4 heterocycles. The highest BCUT2D eigenvalue weighted by Gasteiger charge is 2.39. The van der Waals surface area contributed by atoms with Crippen molar-refractivity contribution in [2.75, 3.05) is 13.1 Å². The molecule has 142 valence electrons. The van der Waals surface area contributed by atoms with Gasteiger partial charge in [0, 0.05) is 30.7 Å². The third kappa shape index (κ3) is 3.37. The number of fused-ring (bicyclic) bond motifs is 1. The van der Waals surface area contributed by atoms with Gasteiger partial charge in [0.05, 0.1) is 11.4 Å². The Hall–Kier alpha value is -2.61. The number of nitrogens with two attached hydrogens (primary N) is 1. The fraction of sp³-hybridized carbons (Fsp3) is 0.412. The topological polar surface area (TPSA) is 94.9 Å². The third-order valence-corrected chi connectivity index (χ3v) is 4.86. The van der Waals surface area contributed by atoms with Gasteiger partial charge >= 0.3 is 6.18 Å². The molecule has 1 saturated heterocycles. The number of nitrogens with one attached hydrogen (secondary N) is 3. The SMILES string of the molecule is NNC1CCN(C2C#CC(C(F)(F)F)=C(c3[nH]nc4ncccc34)N2)CC1. The van der Waals surface area contributed by atoms with E-state index in [2.05, 4.69) is 37.8 Å². The first-order chi connectivity index (χ1) is 13.0. The summed E-state index contributed by atoms with van der Waals surface area (Å²) in [6.07, 6.45) is -1.94. The molecular formula is C17H18F3N7. The molecule has 4 rings (SSSR count). The summed E-state index contributed by atoms with van der Waals surface area (Å²) in [5.74, 6) is 10.5. The fourth-order valence-corrected chi connectivity index (χ4v) is 3.41. The molecule has 5 N–H and O–H groups in total. The van der Waals surface area contributed by atoms with Crippen molar-refractivity contribution >= 4 is 16.7 Å². The summed E-state index contributed by atoms with van der Waals surface area (Å²) in [5.41, 5.74) is 2.33. The van der Waals surface area contributed by atoms with Gasteiger partial charge in [-0.25, -0.2) is 4.98 Å². The summed E-state index contributed by atoms with van der Waals surface area (Å²) in [6.45, 7) is 1.36. The van der Waals surface area contributed by atoms with Gasteiger partial charge in [-0.1, -0.05) is 11.8 Å². The number of hydrogen-bond acceptors (Lipinski definition) is 6. The van der Waals surface area contributed by atoms with Crippen LogP contribution in [0.2, 0.25) is 0 Å². The first-order valence-electron chi connectivity index (χ1n) is 8.56. The van der Waals surface area contributed by atoms with Crippen molar-refractivity contribution in [3.8, 4) is 11.8 Å². The number of piperidine rings is 1. The number of hydrazine groups is 1. The predicted molar refractivity (Wildman–Crippen MR) is 93.5 cm³/mol. The maximum Gasteiger partial charge on any atom is 0.426 e.